The number of rotatable bonds is 5. The number of benzene rings is 1. The molecule has 0 bridgehead atoms. The van der Waals surface area contributed by atoms with Crippen LogP contribution in [0.25, 0.3) is 11.1 Å². The number of nitrogens with two attached hydrogens (primary N) is 2. The lowest BCUT2D eigenvalue weighted by atomic mass is 9.95. The third-order valence-corrected chi connectivity index (χ3v) is 5.85. The second kappa shape index (κ2) is 8.78. The highest BCUT2D eigenvalue weighted by atomic mass is 16.5. The van der Waals surface area contributed by atoms with Crippen molar-refractivity contribution in [1.82, 2.24) is 4.98 Å². The van der Waals surface area contributed by atoms with Crippen molar-refractivity contribution in [3.8, 4) is 5.75 Å². The first kappa shape index (κ1) is 19.6. The average molecular weight is 394 g/mol. The van der Waals surface area contributed by atoms with E-state index in [0.29, 0.717) is 11.5 Å². The van der Waals surface area contributed by atoms with Crippen LogP contribution in [0.1, 0.15) is 62.3 Å². The van der Waals surface area contributed by atoms with Crippen LogP contribution in [0, 0.1) is 0 Å². The van der Waals surface area contributed by atoms with Crippen LogP contribution in [-0.4, -0.2) is 24.3 Å². The van der Waals surface area contributed by atoms with Crippen LogP contribution in [0.3, 0.4) is 0 Å². The first-order valence-corrected chi connectivity index (χ1v) is 10.6. The largest absolute Gasteiger partial charge is 0.488 e. The van der Waals surface area contributed by atoms with Crippen LogP contribution in [0.2, 0.25) is 0 Å². The fraction of sp³-hybridized carbons (Fsp3) is 0.417. The Morgan fingerprint density at radius 1 is 1.17 bits per heavy atom. The van der Waals surface area contributed by atoms with E-state index in [2.05, 4.69) is 29.3 Å². The third kappa shape index (κ3) is 4.35. The maximum Gasteiger partial charge on any atom is 0.142 e. The molecule has 0 unspecified atom stereocenters. The molecule has 0 radical (unpaired) electrons. The Kier molecular flexibility index (Phi) is 5.95. The summed E-state index contributed by atoms with van der Waals surface area (Å²) in [6.45, 7) is 3.53. The molecule has 1 aromatic heterocycles. The van der Waals surface area contributed by atoms with Gasteiger partial charge in [-0.15, -0.1) is 0 Å². The number of hydrogen-bond donors (Lipinski definition) is 3. The molecule has 2 aromatic rings. The smallest absolute Gasteiger partial charge is 0.142 e. The van der Waals surface area contributed by atoms with E-state index in [9.17, 15) is 0 Å². The van der Waals surface area contributed by atoms with E-state index in [1.807, 2.05) is 19.1 Å². The minimum absolute atomic E-state index is 0.171. The van der Waals surface area contributed by atoms with Gasteiger partial charge in [-0.1, -0.05) is 18.2 Å². The lowest BCUT2D eigenvalue weighted by Gasteiger charge is -2.24. The molecule has 0 amide bonds. The minimum Gasteiger partial charge on any atom is -0.488 e. The van der Waals surface area contributed by atoms with E-state index < -0.39 is 0 Å². The summed E-state index contributed by atoms with van der Waals surface area (Å²) < 4.78 is 11.5. The zero-order valence-electron chi connectivity index (χ0n) is 17.2. The molecule has 2 aliphatic rings. The molecule has 0 saturated carbocycles. The molecule has 0 atom stereocenters. The number of allylic oxidation sites excluding steroid dienone is 3. The number of H-pyrrole nitrogens is 1. The molecule has 1 aliphatic carbocycles. The number of ether oxygens (including phenoxy) is 2. The number of anilines is 2. The van der Waals surface area contributed by atoms with E-state index >= 15 is 0 Å². The Labute approximate surface area is 172 Å². The van der Waals surface area contributed by atoms with Crippen molar-refractivity contribution < 1.29 is 9.47 Å². The zero-order chi connectivity index (χ0) is 20.2. The van der Waals surface area contributed by atoms with E-state index in [1.165, 1.54) is 18.4 Å². The van der Waals surface area contributed by atoms with Crippen molar-refractivity contribution >= 4 is 22.7 Å². The van der Waals surface area contributed by atoms with Crippen LogP contribution in [0.5, 0.6) is 5.75 Å². The molecule has 5 heteroatoms. The van der Waals surface area contributed by atoms with Gasteiger partial charge in [0.15, 0.2) is 0 Å². The number of hydrogen-bond acceptors (Lipinski definition) is 4. The standard InChI is InChI=1S/C24H31N3O2/c1-2-19(20-15-22(27-24(20)26)16-6-4-3-5-7-16)17-8-9-23(21(25)14-17)29-18-10-12-28-13-11-18/h2,6,8-9,14-15,18,27H,3-5,7,10-13,25-26H2,1H3/b19-2-. The molecule has 4 rings (SSSR count). The zero-order valence-corrected chi connectivity index (χ0v) is 17.2. The number of aromatic amines is 1. The lowest BCUT2D eigenvalue weighted by molar-refractivity contribution is 0.0258. The minimum atomic E-state index is 0.171. The SMILES string of the molecule is C/C=C(/c1ccc(OC2CCOCC2)c(N)c1)c1cc(C2=CCCCC2)[nH]c1N. The normalized spacial score (nSPS) is 18.5. The molecule has 0 spiro atoms. The Balaban J connectivity index is 1.57. The van der Waals surface area contributed by atoms with Crippen molar-refractivity contribution in [1.29, 1.82) is 0 Å². The molecule has 5 nitrogen and oxygen atoms in total. The summed E-state index contributed by atoms with van der Waals surface area (Å²) in [4.78, 5) is 3.38. The predicted molar refractivity (Wildman–Crippen MR) is 120 cm³/mol. The van der Waals surface area contributed by atoms with Crippen LogP contribution in [-0.2, 0) is 4.74 Å². The van der Waals surface area contributed by atoms with E-state index in [1.54, 1.807) is 0 Å². The quantitative estimate of drug-likeness (QED) is 0.614. The van der Waals surface area contributed by atoms with Crippen molar-refractivity contribution in [3.63, 3.8) is 0 Å². The van der Waals surface area contributed by atoms with Gasteiger partial charge in [0, 0.05) is 24.1 Å². The van der Waals surface area contributed by atoms with Gasteiger partial charge in [0.25, 0.3) is 0 Å². The topological polar surface area (TPSA) is 86.3 Å². The molecule has 1 fully saturated rings. The fourth-order valence-corrected chi connectivity index (χ4v) is 4.22. The van der Waals surface area contributed by atoms with Gasteiger partial charge in [-0.05, 0) is 67.5 Å². The molecule has 5 N–H and O–H groups in total. The van der Waals surface area contributed by atoms with Gasteiger partial charge in [0.05, 0.1) is 18.9 Å². The van der Waals surface area contributed by atoms with Crippen molar-refractivity contribution in [3.05, 3.63) is 53.2 Å². The number of nitrogen functional groups attached to an aromatic ring is 2. The van der Waals surface area contributed by atoms with E-state index in [4.69, 9.17) is 20.9 Å². The van der Waals surface area contributed by atoms with Crippen LogP contribution in [0.4, 0.5) is 11.5 Å². The molecule has 29 heavy (non-hydrogen) atoms. The van der Waals surface area contributed by atoms with Gasteiger partial charge in [0.2, 0.25) is 0 Å². The van der Waals surface area contributed by atoms with Crippen LogP contribution in [0.15, 0.2) is 36.4 Å². The van der Waals surface area contributed by atoms with Gasteiger partial charge < -0.3 is 25.9 Å². The maximum absolute atomic E-state index is 6.36. The summed E-state index contributed by atoms with van der Waals surface area (Å²) >= 11 is 0. The summed E-state index contributed by atoms with van der Waals surface area (Å²) in [7, 11) is 0. The third-order valence-electron chi connectivity index (χ3n) is 5.85. The summed E-state index contributed by atoms with van der Waals surface area (Å²) in [6.07, 6.45) is 11.2. The second-order valence-corrected chi connectivity index (χ2v) is 7.87. The van der Waals surface area contributed by atoms with Crippen LogP contribution < -0.4 is 16.2 Å². The van der Waals surface area contributed by atoms with Crippen LogP contribution >= 0.6 is 0 Å². The van der Waals surface area contributed by atoms with Gasteiger partial charge >= 0.3 is 0 Å². The van der Waals surface area contributed by atoms with Gasteiger partial charge in [-0.3, -0.25) is 0 Å². The second-order valence-electron chi connectivity index (χ2n) is 7.87. The highest BCUT2D eigenvalue weighted by Gasteiger charge is 2.18. The van der Waals surface area contributed by atoms with Crippen molar-refractivity contribution in [2.75, 3.05) is 24.7 Å². The maximum atomic E-state index is 6.36. The average Bonchev–Trinajstić information content (AvgIpc) is 3.13. The molecular weight excluding hydrogens is 362 g/mol. The summed E-state index contributed by atoms with van der Waals surface area (Å²) in [6, 6.07) is 8.18. The van der Waals surface area contributed by atoms with Gasteiger partial charge in [0.1, 0.15) is 17.7 Å². The molecule has 1 saturated heterocycles. The van der Waals surface area contributed by atoms with Crippen molar-refractivity contribution in [2.45, 2.75) is 51.6 Å². The lowest BCUT2D eigenvalue weighted by Crippen LogP contribution is -2.26. The Hall–Kier alpha value is -2.66. The highest BCUT2D eigenvalue weighted by Crippen LogP contribution is 2.36. The fourth-order valence-electron chi connectivity index (χ4n) is 4.22. The Morgan fingerprint density at radius 3 is 2.69 bits per heavy atom. The summed E-state index contributed by atoms with van der Waals surface area (Å²) in [5.74, 6) is 1.44. The highest BCUT2D eigenvalue weighted by molar-refractivity contribution is 5.87. The molecule has 1 aliphatic heterocycles. The van der Waals surface area contributed by atoms with E-state index in [0.717, 1.165) is 67.0 Å². The molecule has 1 aromatic carbocycles. The molecular formula is C24H31N3O2. The van der Waals surface area contributed by atoms with Gasteiger partial charge in [-0.25, -0.2) is 0 Å². The predicted octanol–water partition coefficient (Wildman–Crippen LogP) is 5.15. The summed E-state index contributed by atoms with van der Waals surface area (Å²) in [5, 5.41) is 0. The number of aromatic nitrogens is 1. The monoisotopic (exact) mass is 393 g/mol. The number of nitrogens with one attached hydrogen (secondary N) is 1. The first-order valence-electron chi connectivity index (χ1n) is 10.6. The molecule has 2 heterocycles. The first-order chi connectivity index (χ1) is 14.2. The molecule has 154 valence electrons. The van der Waals surface area contributed by atoms with Gasteiger partial charge in [-0.2, -0.15) is 0 Å². The Morgan fingerprint density at radius 2 is 2.00 bits per heavy atom. The van der Waals surface area contributed by atoms with E-state index in [-0.39, 0.29) is 6.10 Å². The van der Waals surface area contributed by atoms with Crippen molar-refractivity contribution in [2.24, 2.45) is 0 Å². The summed E-state index contributed by atoms with van der Waals surface area (Å²) in [5.41, 5.74) is 19.0. The Bertz CT molecular complexity index is 920.